The predicted molar refractivity (Wildman–Crippen MR) is 88.4 cm³/mol. The number of aryl methyl sites for hydroxylation is 1. The topological polar surface area (TPSA) is 0 Å². The lowest BCUT2D eigenvalue weighted by molar-refractivity contribution is 0.257. The summed E-state index contributed by atoms with van der Waals surface area (Å²) < 4.78 is 0. The highest BCUT2D eigenvalue weighted by Gasteiger charge is 2.46. The van der Waals surface area contributed by atoms with Gasteiger partial charge in [0.05, 0.1) is 8.07 Å². The first-order valence-electron chi connectivity index (χ1n) is 7.83. The highest BCUT2D eigenvalue weighted by atomic mass is 28.3. The van der Waals surface area contributed by atoms with Crippen LogP contribution in [0, 0.1) is 11.3 Å². The molecule has 0 amide bonds. The van der Waals surface area contributed by atoms with Crippen LogP contribution in [0.4, 0.5) is 0 Å². The highest BCUT2D eigenvalue weighted by Crippen LogP contribution is 2.51. The number of hydrogen-bond acceptors (Lipinski definition) is 0. The molecule has 1 aliphatic rings. The largest absolute Gasteiger partial charge is 0.0689 e. The summed E-state index contributed by atoms with van der Waals surface area (Å²) in [6.45, 7) is 14.8. The molecular weight excluding hydrogens is 244 g/mol. The summed E-state index contributed by atoms with van der Waals surface area (Å²) in [6.07, 6.45) is 2.59. The van der Waals surface area contributed by atoms with Crippen LogP contribution in [-0.4, -0.2) is 8.07 Å². The molecule has 2 atom stereocenters. The van der Waals surface area contributed by atoms with Crippen molar-refractivity contribution in [2.45, 2.75) is 65.2 Å². The molecular formula is C18H30Si. The Bertz CT molecular complexity index is 439. The predicted octanol–water partition coefficient (Wildman–Crippen LogP) is 5.65. The smallest absolute Gasteiger partial charge is 0.0555 e. The zero-order valence-electron chi connectivity index (χ0n) is 13.6. The molecule has 1 aromatic rings. The first-order chi connectivity index (χ1) is 8.75. The Balaban J connectivity index is 2.34. The van der Waals surface area contributed by atoms with Gasteiger partial charge in [-0.1, -0.05) is 71.1 Å². The van der Waals surface area contributed by atoms with E-state index in [9.17, 15) is 0 Å². The standard InChI is InChI=1S/C18H30Si/c1-7-14-10-8-9-11-16(14)17-12-15(18(2,3)4)13-19(17,5)6/h8-11,15,17H,7,12-13H2,1-6H3. The molecule has 0 spiro atoms. The summed E-state index contributed by atoms with van der Waals surface area (Å²) in [5, 5.41) is 0. The van der Waals surface area contributed by atoms with Gasteiger partial charge in [0.1, 0.15) is 0 Å². The van der Waals surface area contributed by atoms with E-state index in [0.717, 1.165) is 11.5 Å². The van der Waals surface area contributed by atoms with E-state index in [4.69, 9.17) is 0 Å². The monoisotopic (exact) mass is 274 g/mol. The Morgan fingerprint density at radius 3 is 2.32 bits per heavy atom. The van der Waals surface area contributed by atoms with Gasteiger partial charge in [-0.05, 0) is 40.8 Å². The maximum Gasteiger partial charge on any atom is 0.0555 e. The molecule has 106 valence electrons. The fourth-order valence-electron chi connectivity index (χ4n) is 3.87. The van der Waals surface area contributed by atoms with Crippen LogP contribution >= 0.6 is 0 Å². The van der Waals surface area contributed by atoms with E-state index in [0.29, 0.717) is 5.41 Å². The highest BCUT2D eigenvalue weighted by molar-refractivity contribution is 6.79. The normalized spacial score (nSPS) is 26.6. The van der Waals surface area contributed by atoms with E-state index in [1.54, 1.807) is 11.1 Å². The van der Waals surface area contributed by atoms with Crippen LogP contribution < -0.4 is 0 Å². The maximum absolute atomic E-state index is 2.61. The van der Waals surface area contributed by atoms with Crippen molar-refractivity contribution in [1.82, 2.24) is 0 Å². The van der Waals surface area contributed by atoms with Gasteiger partial charge in [0.25, 0.3) is 0 Å². The van der Waals surface area contributed by atoms with Gasteiger partial charge < -0.3 is 0 Å². The van der Waals surface area contributed by atoms with E-state index >= 15 is 0 Å². The van der Waals surface area contributed by atoms with E-state index < -0.39 is 8.07 Å². The number of hydrogen-bond donors (Lipinski definition) is 0. The second-order valence-electron chi connectivity index (χ2n) is 8.10. The summed E-state index contributed by atoms with van der Waals surface area (Å²) in [5.41, 5.74) is 4.60. The summed E-state index contributed by atoms with van der Waals surface area (Å²) in [6, 6.07) is 10.7. The average molecular weight is 275 g/mol. The van der Waals surface area contributed by atoms with Crippen molar-refractivity contribution in [2.75, 3.05) is 0 Å². The molecule has 0 aromatic heterocycles. The molecule has 0 bridgehead atoms. The van der Waals surface area contributed by atoms with Gasteiger partial charge in [-0.3, -0.25) is 0 Å². The molecule has 1 aliphatic heterocycles. The molecule has 0 aliphatic carbocycles. The van der Waals surface area contributed by atoms with Gasteiger partial charge in [-0.15, -0.1) is 0 Å². The second-order valence-corrected chi connectivity index (χ2v) is 13.2. The first kappa shape index (κ1) is 14.8. The Morgan fingerprint density at radius 2 is 1.79 bits per heavy atom. The summed E-state index contributed by atoms with van der Waals surface area (Å²) in [7, 11) is -1.13. The Morgan fingerprint density at radius 1 is 1.16 bits per heavy atom. The van der Waals surface area contributed by atoms with Gasteiger partial charge in [0, 0.05) is 0 Å². The Labute approximate surface area is 120 Å². The fraction of sp³-hybridized carbons (Fsp3) is 0.667. The average Bonchev–Trinajstić information content (AvgIpc) is 2.64. The molecule has 0 saturated carbocycles. The van der Waals surface area contributed by atoms with Gasteiger partial charge in [-0.2, -0.15) is 0 Å². The van der Waals surface area contributed by atoms with Crippen molar-refractivity contribution in [3.05, 3.63) is 35.4 Å². The van der Waals surface area contributed by atoms with Gasteiger partial charge in [0.15, 0.2) is 0 Å². The van der Waals surface area contributed by atoms with Crippen molar-refractivity contribution in [1.29, 1.82) is 0 Å². The Kier molecular flexibility index (Phi) is 3.97. The Hall–Kier alpha value is -0.563. The minimum Gasteiger partial charge on any atom is -0.0689 e. The molecule has 1 fully saturated rings. The first-order valence-corrected chi connectivity index (χ1v) is 11.1. The van der Waals surface area contributed by atoms with E-state index in [2.05, 4.69) is 65.1 Å². The van der Waals surface area contributed by atoms with Crippen LogP contribution in [0.3, 0.4) is 0 Å². The van der Waals surface area contributed by atoms with Gasteiger partial charge in [0.2, 0.25) is 0 Å². The zero-order valence-corrected chi connectivity index (χ0v) is 14.6. The summed E-state index contributed by atoms with van der Waals surface area (Å²) in [5.74, 6) is 0.907. The van der Waals surface area contributed by atoms with Crippen LogP contribution in [0.25, 0.3) is 0 Å². The lowest BCUT2D eigenvalue weighted by Crippen LogP contribution is -2.30. The number of rotatable bonds is 2. The van der Waals surface area contributed by atoms with Crippen molar-refractivity contribution in [2.24, 2.45) is 11.3 Å². The third-order valence-electron chi connectivity index (χ3n) is 5.27. The van der Waals surface area contributed by atoms with E-state index in [1.165, 1.54) is 18.9 Å². The molecule has 0 N–H and O–H groups in total. The van der Waals surface area contributed by atoms with Gasteiger partial charge in [-0.25, -0.2) is 0 Å². The number of benzene rings is 1. The van der Waals surface area contributed by atoms with E-state index in [-0.39, 0.29) is 0 Å². The second kappa shape index (κ2) is 5.09. The molecule has 1 heteroatoms. The maximum atomic E-state index is 2.61. The van der Waals surface area contributed by atoms with Crippen LogP contribution in [0.15, 0.2) is 24.3 Å². The van der Waals surface area contributed by atoms with Crippen molar-refractivity contribution in [3.8, 4) is 0 Å². The molecule has 0 radical (unpaired) electrons. The van der Waals surface area contributed by atoms with Gasteiger partial charge >= 0.3 is 0 Å². The van der Waals surface area contributed by atoms with Crippen LogP contribution in [0.5, 0.6) is 0 Å². The zero-order chi connectivity index (χ0) is 14.3. The quantitative estimate of drug-likeness (QED) is 0.612. The SMILES string of the molecule is CCc1ccccc1C1CC(C(C)(C)C)C[Si]1(C)C. The minimum atomic E-state index is -1.13. The van der Waals surface area contributed by atoms with Crippen LogP contribution in [-0.2, 0) is 6.42 Å². The molecule has 0 nitrogen and oxygen atoms in total. The molecule has 19 heavy (non-hydrogen) atoms. The minimum absolute atomic E-state index is 0.472. The third kappa shape index (κ3) is 2.96. The fourth-order valence-corrected chi connectivity index (χ4v) is 8.25. The molecule has 1 saturated heterocycles. The summed E-state index contributed by atoms with van der Waals surface area (Å²) >= 11 is 0. The van der Waals surface area contributed by atoms with Crippen molar-refractivity contribution in [3.63, 3.8) is 0 Å². The molecule has 2 unspecified atom stereocenters. The molecule has 2 rings (SSSR count). The van der Waals surface area contributed by atoms with Crippen molar-refractivity contribution >= 4 is 8.07 Å². The third-order valence-corrected chi connectivity index (χ3v) is 9.25. The van der Waals surface area contributed by atoms with Crippen LogP contribution in [0.2, 0.25) is 19.1 Å². The van der Waals surface area contributed by atoms with E-state index in [1.807, 2.05) is 0 Å². The molecule has 1 heterocycles. The van der Waals surface area contributed by atoms with Crippen molar-refractivity contribution < 1.29 is 0 Å². The lowest BCUT2D eigenvalue weighted by Gasteiger charge is -2.28. The molecule has 1 aromatic carbocycles. The summed E-state index contributed by atoms with van der Waals surface area (Å²) in [4.78, 5) is 0. The van der Waals surface area contributed by atoms with Crippen LogP contribution in [0.1, 0.15) is 50.8 Å². The lowest BCUT2D eigenvalue weighted by atomic mass is 9.78.